The second kappa shape index (κ2) is 8.46. The fraction of sp³-hybridized carbons (Fsp3) is 0.682. The van der Waals surface area contributed by atoms with Crippen molar-refractivity contribution in [2.24, 2.45) is 5.41 Å². The SMILES string of the molecule is COc1ccc(CO[C@H]2CCC[C@H](O[Si](C)(C)C(C)(C)C)[C@@]2(C)C=O)cc1. The fourth-order valence-corrected chi connectivity index (χ4v) is 4.81. The second-order valence-electron chi connectivity index (χ2n) is 9.43. The first kappa shape index (κ1) is 22.1. The highest BCUT2D eigenvalue weighted by Gasteiger charge is 2.49. The molecule has 0 amide bonds. The summed E-state index contributed by atoms with van der Waals surface area (Å²) < 4.78 is 18.1. The molecular formula is C22H36O4Si. The van der Waals surface area contributed by atoms with Gasteiger partial charge in [0.05, 0.1) is 31.3 Å². The summed E-state index contributed by atoms with van der Waals surface area (Å²) in [7, 11) is -0.294. The maximum Gasteiger partial charge on any atom is 0.192 e. The van der Waals surface area contributed by atoms with Crippen LogP contribution in [0.3, 0.4) is 0 Å². The van der Waals surface area contributed by atoms with Crippen molar-refractivity contribution < 1.29 is 18.7 Å². The molecule has 0 aliphatic heterocycles. The zero-order valence-electron chi connectivity index (χ0n) is 18.0. The number of ether oxygens (including phenoxy) is 2. The Kier molecular flexibility index (Phi) is 6.93. The van der Waals surface area contributed by atoms with E-state index < -0.39 is 13.7 Å². The van der Waals surface area contributed by atoms with E-state index in [4.69, 9.17) is 13.9 Å². The van der Waals surface area contributed by atoms with Crippen LogP contribution >= 0.6 is 0 Å². The Morgan fingerprint density at radius 3 is 2.26 bits per heavy atom. The molecule has 2 rings (SSSR count). The van der Waals surface area contributed by atoms with Crippen molar-refractivity contribution in [1.82, 2.24) is 0 Å². The molecule has 1 aromatic carbocycles. The zero-order chi connectivity index (χ0) is 20.3. The minimum atomic E-state index is -1.95. The van der Waals surface area contributed by atoms with Gasteiger partial charge < -0.3 is 18.7 Å². The van der Waals surface area contributed by atoms with Gasteiger partial charge >= 0.3 is 0 Å². The van der Waals surface area contributed by atoms with Gasteiger partial charge in [-0.2, -0.15) is 0 Å². The van der Waals surface area contributed by atoms with Gasteiger partial charge in [0.25, 0.3) is 0 Å². The number of benzene rings is 1. The number of hydrogen-bond donors (Lipinski definition) is 0. The van der Waals surface area contributed by atoms with E-state index in [1.807, 2.05) is 31.2 Å². The van der Waals surface area contributed by atoms with Gasteiger partial charge in [0.1, 0.15) is 12.0 Å². The number of methoxy groups -OCH3 is 1. The molecule has 0 saturated heterocycles. The van der Waals surface area contributed by atoms with E-state index in [1.54, 1.807) is 7.11 Å². The molecule has 5 heteroatoms. The van der Waals surface area contributed by atoms with Gasteiger partial charge in [-0.25, -0.2) is 0 Å². The van der Waals surface area contributed by atoms with E-state index in [9.17, 15) is 4.79 Å². The lowest BCUT2D eigenvalue weighted by Gasteiger charge is -2.48. The lowest BCUT2D eigenvalue weighted by Crippen LogP contribution is -2.55. The van der Waals surface area contributed by atoms with Gasteiger partial charge in [0.2, 0.25) is 0 Å². The molecular weight excluding hydrogens is 356 g/mol. The summed E-state index contributed by atoms with van der Waals surface area (Å²) in [5.74, 6) is 0.831. The van der Waals surface area contributed by atoms with Crippen molar-refractivity contribution in [2.45, 2.75) is 83.9 Å². The summed E-state index contributed by atoms with van der Waals surface area (Å²) in [5, 5.41) is 0.119. The molecule has 0 heterocycles. The summed E-state index contributed by atoms with van der Waals surface area (Å²) in [6.45, 7) is 13.7. The Hall–Kier alpha value is -1.17. The topological polar surface area (TPSA) is 44.8 Å². The summed E-state index contributed by atoms with van der Waals surface area (Å²) in [5.41, 5.74) is 0.469. The third-order valence-electron chi connectivity index (χ3n) is 6.43. The molecule has 0 bridgehead atoms. The highest BCUT2D eigenvalue weighted by molar-refractivity contribution is 6.74. The molecule has 4 nitrogen and oxygen atoms in total. The van der Waals surface area contributed by atoms with Crippen molar-refractivity contribution >= 4 is 14.6 Å². The second-order valence-corrected chi connectivity index (χ2v) is 14.2. The van der Waals surface area contributed by atoms with Crippen LogP contribution in [0.2, 0.25) is 18.1 Å². The van der Waals surface area contributed by atoms with Crippen molar-refractivity contribution in [3.05, 3.63) is 29.8 Å². The van der Waals surface area contributed by atoms with Gasteiger partial charge in [0, 0.05) is 0 Å². The summed E-state index contributed by atoms with van der Waals surface area (Å²) in [6.07, 6.45) is 3.71. The Labute approximate surface area is 165 Å². The maximum atomic E-state index is 12.2. The average Bonchev–Trinajstić information content (AvgIpc) is 2.61. The van der Waals surface area contributed by atoms with Gasteiger partial charge in [0.15, 0.2) is 8.32 Å². The Bertz CT molecular complexity index is 620. The van der Waals surface area contributed by atoms with Crippen LogP contribution in [0.5, 0.6) is 5.75 Å². The standard InChI is InChI=1S/C22H36O4Si/c1-21(2,3)27(6,7)26-20-10-8-9-19(22(20,4)16-23)25-15-17-11-13-18(24-5)14-12-17/h11-14,16,19-20H,8-10,15H2,1-7H3/t19-,20-,22-/m0/s1. The molecule has 3 atom stereocenters. The first-order valence-corrected chi connectivity index (χ1v) is 12.8. The van der Waals surface area contributed by atoms with Crippen LogP contribution in [0.15, 0.2) is 24.3 Å². The third kappa shape index (κ3) is 5.01. The monoisotopic (exact) mass is 392 g/mol. The Morgan fingerprint density at radius 2 is 1.74 bits per heavy atom. The lowest BCUT2D eigenvalue weighted by molar-refractivity contribution is -0.146. The number of carbonyl (C=O) groups excluding carboxylic acids is 1. The van der Waals surface area contributed by atoms with E-state index in [0.29, 0.717) is 6.61 Å². The van der Waals surface area contributed by atoms with Crippen LogP contribution in [0, 0.1) is 5.41 Å². The molecule has 1 aliphatic carbocycles. The van der Waals surface area contributed by atoms with Crippen LogP contribution < -0.4 is 4.74 Å². The Balaban J connectivity index is 2.10. The normalized spacial score (nSPS) is 26.6. The highest BCUT2D eigenvalue weighted by Crippen LogP contribution is 2.44. The predicted octanol–water partition coefficient (Wildman–Crippen LogP) is 5.36. The summed E-state index contributed by atoms with van der Waals surface area (Å²) >= 11 is 0. The van der Waals surface area contributed by atoms with Crippen LogP contribution in [0.1, 0.15) is 52.5 Å². The molecule has 0 aromatic heterocycles. The maximum absolute atomic E-state index is 12.2. The number of rotatable bonds is 7. The quantitative estimate of drug-likeness (QED) is 0.463. The minimum Gasteiger partial charge on any atom is -0.497 e. The fourth-order valence-electron chi connectivity index (χ4n) is 3.37. The van der Waals surface area contributed by atoms with Gasteiger partial charge in [-0.1, -0.05) is 32.9 Å². The molecule has 0 unspecified atom stereocenters. The van der Waals surface area contributed by atoms with Crippen LogP contribution in [0.4, 0.5) is 0 Å². The molecule has 0 N–H and O–H groups in total. The largest absolute Gasteiger partial charge is 0.497 e. The summed E-state index contributed by atoms with van der Waals surface area (Å²) in [6, 6.07) is 7.87. The molecule has 1 aliphatic rings. The lowest BCUT2D eigenvalue weighted by atomic mass is 9.72. The number of aldehydes is 1. The van der Waals surface area contributed by atoms with E-state index >= 15 is 0 Å². The first-order valence-electron chi connectivity index (χ1n) is 9.92. The van der Waals surface area contributed by atoms with Crippen molar-refractivity contribution in [1.29, 1.82) is 0 Å². The molecule has 1 saturated carbocycles. The molecule has 27 heavy (non-hydrogen) atoms. The smallest absolute Gasteiger partial charge is 0.192 e. The molecule has 0 spiro atoms. The van der Waals surface area contributed by atoms with Gasteiger partial charge in [-0.15, -0.1) is 0 Å². The number of hydrogen-bond acceptors (Lipinski definition) is 4. The van der Waals surface area contributed by atoms with Crippen molar-refractivity contribution in [2.75, 3.05) is 7.11 Å². The third-order valence-corrected chi connectivity index (χ3v) is 10.9. The first-order chi connectivity index (χ1) is 12.5. The van der Waals surface area contributed by atoms with Crippen LogP contribution in [0.25, 0.3) is 0 Å². The minimum absolute atomic E-state index is 0.0782. The summed E-state index contributed by atoms with van der Waals surface area (Å²) in [4.78, 5) is 12.2. The highest BCUT2D eigenvalue weighted by atomic mass is 28.4. The zero-order valence-corrected chi connectivity index (χ0v) is 19.0. The van der Waals surface area contributed by atoms with Crippen molar-refractivity contribution in [3.63, 3.8) is 0 Å². The van der Waals surface area contributed by atoms with Gasteiger partial charge in [-0.3, -0.25) is 0 Å². The molecule has 152 valence electrons. The Morgan fingerprint density at radius 1 is 1.15 bits per heavy atom. The van der Waals surface area contributed by atoms with E-state index in [2.05, 4.69) is 33.9 Å². The van der Waals surface area contributed by atoms with Crippen molar-refractivity contribution in [3.8, 4) is 5.75 Å². The number of carbonyl (C=O) groups is 1. The van der Waals surface area contributed by atoms with Gasteiger partial charge in [-0.05, 0) is 62.0 Å². The molecule has 1 fully saturated rings. The molecule has 0 radical (unpaired) electrons. The van der Waals surface area contributed by atoms with E-state index in [1.165, 1.54) is 0 Å². The van der Waals surface area contributed by atoms with E-state index in [0.717, 1.165) is 36.9 Å². The predicted molar refractivity (Wildman–Crippen MR) is 112 cm³/mol. The van der Waals surface area contributed by atoms with E-state index in [-0.39, 0.29) is 17.2 Å². The average molecular weight is 393 g/mol. The van der Waals surface area contributed by atoms with Crippen LogP contribution in [-0.2, 0) is 20.6 Å². The van der Waals surface area contributed by atoms with Crippen LogP contribution in [-0.4, -0.2) is 33.9 Å². The molecule has 1 aromatic rings.